The van der Waals surface area contributed by atoms with Crippen LogP contribution in [0, 0.1) is 5.92 Å². The smallest absolute Gasteiger partial charge is 0.237 e. The van der Waals surface area contributed by atoms with Crippen LogP contribution in [0.1, 0.15) is 78.1 Å². The van der Waals surface area contributed by atoms with E-state index in [1.807, 2.05) is 6.92 Å². The maximum atomic E-state index is 12.3. The molecule has 2 aliphatic carbocycles. The molecule has 0 radical (unpaired) electrons. The van der Waals surface area contributed by atoms with Gasteiger partial charge in [0.15, 0.2) is 0 Å². The molecule has 2 fully saturated rings. The van der Waals surface area contributed by atoms with Crippen molar-refractivity contribution in [3.63, 3.8) is 0 Å². The lowest BCUT2D eigenvalue weighted by Gasteiger charge is -2.32. The van der Waals surface area contributed by atoms with E-state index < -0.39 is 0 Å². The number of rotatable bonds is 6. The Labute approximate surface area is 124 Å². The van der Waals surface area contributed by atoms with Gasteiger partial charge in [-0.1, -0.05) is 39.0 Å². The molecular weight excluding hydrogens is 248 g/mol. The Balaban J connectivity index is 1.77. The molecule has 0 spiro atoms. The van der Waals surface area contributed by atoms with Crippen LogP contribution in [0.5, 0.6) is 0 Å². The van der Waals surface area contributed by atoms with Crippen molar-refractivity contribution in [1.29, 1.82) is 0 Å². The lowest BCUT2D eigenvalue weighted by Crippen LogP contribution is -2.50. The molecule has 0 aliphatic heterocycles. The first-order valence-corrected chi connectivity index (χ1v) is 8.77. The van der Waals surface area contributed by atoms with Crippen molar-refractivity contribution >= 4 is 5.91 Å². The van der Waals surface area contributed by atoms with Gasteiger partial charge >= 0.3 is 0 Å². The van der Waals surface area contributed by atoms with E-state index in [1.165, 1.54) is 44.9 Å². The summed E-state index contributed by atoms with van der Waals surface area (Å²) < 4.78 is 0. The lowest BCUT2D eigenvalue weighted by molar-refractivity contribution is -0.123. The Morgan fingerprint density at radius 1 is 1.05 bits per heavy atom. The van der Waals surface area contributed by atoms with Crippen molar-refractivity contribution in [3.8, 4) is 0 Å². The fourth-order valence-corrected chi connectivity index (χ4v) is 3.92. The van der Waals surface area contributed by atoms with Crippen molar-refractivity contribution in [3.05, 3.63) is 0 Å². The van der Waals surface area contributed by atoms with Crippen molar-refractivity contribution < 1.29 is 4.79 Å². The SMILES string of the molecule is CCC(NC(C)C(=O)NC1CCCC1)C1CCCCC1. The van der Waals surface area contributed by atoms with Gasteiger partial charge in [-0.05, 0) is 44.9 Å². The van der Waals surface area contributed by atoms with Gasteiger partial charge in [0.05, 0.1) is 6.04 Å². The second-order valence-corrected chi connectivity index (χ2v) is 6.79. The summed E-state index contributed by atoms with van der Waals surface area (Å²) in [6, 6.07) is 0.892. The molecule has 116 valence electrons. The summed E-state index contributed by atoms with van der Waals surface area (Å²) >= 11 is 0. The molecule has 0 heterocycles. The Hall–Kier alpha value is -0.570. The van der Waals surface area contributed by atoms with Gasteiger partial charge in [0.1, 0.15) is 0 Å². The first-order chi connectivity index (χ1) is 9.70. The fourth-order valence-electron chi connectivity index (χ4n) is 3.92. The monoisotopic (exact) mass is 280 g/mol. The van der Waals surface area contributed by atoms with Gasteiger partial charge in [0, 0.05) is 12.1 Å². The highest BCUT2D eigenvalue weighted by molar-refractivity contribution is 5.81. The molecule has 2 N–H and O–H groups in total. The molecule has 2 unspecified atom stereocenters. The van der Waals surface area contributed by atoms with Crippen LogP contribution in [0.4, 0.5) is 0 Å². The van der Waals surface area contributed by atoms with Gasteiger partial charge in [0.25, 0.3) is 0 Å². The third kappa shape index (κ3) is 4.47. The van der Waals surface area contributed by atoms with Crippen LogP contribution < -0.4 is 10.6 Å². The van der Waals surface area contributed by atoms with E-state index in [4.69, 9.17) is 0 Å². The van der Waals surface area contributed by atoms with Crippen molar-refractivity contribution in [2.45, 2.75) is 96.2 Å². The van der Waals surface area contributed by atoms with Crippen LogP contribution in [0.3, 0.4) is 0 Å². The number of carbonyl (C=O) groups excluding carboxylic acids is 1. The summed E-state index contributed by atoms with van der Waals surface area (Å²) in [6.45, 7) is 4.27. The van der Waals surface area contributed by atoms with E-state index in [2.05, 4.69) is 17.6 Å². The van der Waals surface area contributed by atoms with Gasteiger partial charge in [-0.25, -0.2) is 0 Å². The molecule has 0 saturated heterocycles. The van der Waals surface area contributed by atoms with Gasteiger partial charge in [-0.15, -0.1) is 0 Å². The van der Waals surface area contributed by atoms with Gasteiger partial charge in [-0.3, -0.25) is 4.79 Å². The van der Waals surface area contributed by atoms with Gasteiger partial charge in [-0.2, -0.15) is 0 Å². The predicted molar refractivity (Wildman–Crippen MR) is 83.7 cm³/mol. The van der Waals surface area contributed by atoms with Gasteiger partial charge in [0.2, 0.25) is 5.91 Å². The van der Waals surface area contributed by atoms with Crippen molar-refractivity contribution in [2.75, 3.05) is 0 Å². The van der Waals surface area contributed by atoms with Crippen LogP contribution in [0.15, 0.2) is 0 Å². The number of hydrogen-bond donors (Lipinski definition) is 2. The van der Waals surface area contributed by atoms with Crippen molar-refractivity contribution in [1.82, 2.24) is 10.6 Å². The average molecular weight is 280 g/mol. The van der Waals surface area contributed by atoms with E-state index in [-0.39, 0.29) is 11.9 Å². The highest BCUT2D eigenvalue weighted by Gasteiger charge is 2.26. The highest BCUT2D eigenvalue weighted by Crippen LogP contribution is 2.28. The third-order valence-corrected chi connectivity index (χ3v) is 5.22. The summed E-state index contributed by atoms with van der Waals surface area (Å²) in [7, 11) is 0. The third-order valence-electron chi connectivity index (χ3n) is 5.22. The van der Waals surface area contributed by atoms with E-state index in [0.29, 0.717) is 12.1 Å². The lowest BCUT2D eigenvalue weighted by atomic mass is 9.82. The quantitative estimate of drug-likeness (QED) is 0.783. The summed E-state index contributed by atoms with van der Waals surface area (Å²) in [6.07, 6.45) is 12.8. The zero-order valence-corrected chi connectivity index (χ0v) is 13.3. The minimum Gasteiger partial charge on any atom is -0.352 e. The molecule has 3 nitrogen and oxygen atoms in total. The second-order valence-electron chi connectivity index (χ2n) is 6.79. The fraction of sp³-hybridized carbons (Fsp3) is 0.941. The maximum Gasteiger partial charge on any atom is 0.237 e. The normalized spacial score (nSPS) is 24.5. The molecule has 1 amide bonds. The molecule has 2 rings (SSSR count). The maximum absolute atomic E-state index is 12.3. The largest absolute Gasteiger partial charge is 0.352 e. The molecule has 2 saturated carbocycles. The molecule has 0 bridgehead atoms. The summed E-state index contributed by atoms with van der Waals surface area (Å²) in [5.41, 5.74) is 0. The van der Waals surface area contributed by atoms with Crippen LogP contribution >= 0.6 is 0 Å². The van der Waals surface area contributed by atoms with E-state index in [0.717, 1.165) is 25.2 Å². The summed E-state index contributed by atoms with van der Waals surface area (Å²) in [5, 5.41) is 6.81. The first kappa shape index (κ1) is 15.8. The molecule has 3 heteroatoms. The molecule has 0 aromatic rings. The zero-order valence-electron chi connectivity index (χ0n) is 13.3. The predicted octanol–water partition coefficient (Wildman–Crippen LogP) is 3.38. The Morgan fingerprint density at radius 3 is 2.25 bits per heavy atom. The molecule has 0 aromatic carbocycles. The molecule has 20 heavy (non-hydrogen) atoms. The molecular formula is C17H32N2O. The average Bonchev–Trinajstić information content (AvgIpc) is 2.98. The molecule has 0 aromatic heterocycles. The zero-order chi connectivity index (χ0) is 14.4. The van der Waals surface area contributed by atoms with Crippen LogP contribution in [0.25, 0.3) is 0 Å². The number of nitrogens with one attached hydrogen (secondary N) is 2. The topological polar surface area (TPSA) is 41.1 Å². The van der Waals surface area contributed by atoms with E-state index in [9.17, 15) is 4.79 Å². The standard InChI is InChI=1S/C17H32N2O/c1-3-16(14-9-5-4-6-10-14)18-13(2)17(20)19-15-11-7-8-12-15/h13-16,18H,3-12H2,1-2H3,(H,19,20). The Morgan fingerprint density at radius 2 is 1.65 bits per heavy atom. The van der Waals surface area contributed by atoms with E-state index >= 15 is 0 Å². The second kappa shape index (κ2) is 8.02. The Kier molecular flexibility index (Phi) is 6.34. The Bertz CT molecular complexity index is 293. The highest BCUT2D eigenvalue weighted by atomic mass is 16.2. The van der Waals surface area contributed by atoms with Crippen LogP contribution in [0.2, 0.25) is 0 Å². The van der Waals surface area contributed by atoms with Crippen LogP contribution in [-0.2, 0) is 4.79 Å². The first-order valence-electron chi connectivity index (χ1n) is 8.77. The number of carbonyl (C=O) groups is 1. The molecule has 2 aliphatic rings. The number of amides is 1. The molecule has 2 atom stereocenters. The summed E-state index contributed by atoms with van der Waals surface area (Å²) in [4.78, 5) is 12.3. The summed E-state index contributed by atoms with van der Waals surface area (Å²) in [5.74, 6) is 0.974. The van der Waals surface area contributed by atoms with Gasteiger partial charge < -0.3 is 10.6 Å². The number of hydrogen-bond acceptors (Lipinski definition) is 2. The minimum absolute atomic E-state index is 0.0533. The van der Waals surface area contributed by atoms with Crippen molar-refractivity contribution in [2.24, 2.45) is 5.92 Å². The minimum atomic E-state index is -0.0533. The van der Waals surface area contributed by atoms with E-state index in [1.54, 1.807) is 0 Å². The van der Waals surface area contributed by atoms with Crippen LogP contribution in [-0.4, -0.2) is 24.0 Å².